The summed E-state index contributed by atoms with van der Waals surface area (Å²) < 4.78 is 43.7. The van der Waals surface area contributed by atoms with Crippen molar-refractivity contribution in [1.29, 1.82) is 0 Å². The number of aromatic nitrogens is 1. The first kappa shape index (κ1) is 18.2. The molecule has 0 radical (unpaired) electrons. The normalized spacial score (nSPS) is 17.1. The van der Waals surface area contributed by atoms with Crippen LogP contribution in [0.4, 0.5) is 24.5 Å². The molecule has 1 aliphatic rings. The van der Waals surface area contributed by atoms with Crippen LogP contribution in [0.2, 0.25) is 0 Å². The molecule has 26 heavy (non-hydrogen) atoms. The topological polar surface area (TPSA) is 63.2 Å². The Morgan fingerprint density at radius 2 is 2.08 bits per heavy atom. The summed E-state index contributed by atoms with van der Waals surface area (Å²) in [5.74, 6) is -0.314. The average Bonchev–Trinajstić information content (AvgIpc) is 3.13. The predicted molar refractivity (Wildman–Crippen MR) is 90.3 cm³/mol. The number of pyridine rings is 1. The molecule has 1 aromatic carbocycles. The van der Waals surface area contributed by atoms with Gasteiger partial charge in [-0.05, 0) is 43.2 Å². The molecule has 5 nitrogen and oxygen atoms in total. The highest BCUT2D eigenvalue weighted by atomic mass is 19.4. The van der Waals surface area contributed by atoms with Crippen LogP contribution in [0.5, 0.6) is 0 Å². The first-order chi connectivity index (χ1) is 12.4. The number of anilines is 2. The minimum atomic E-state index is -4.40. The highest BCUT2D eigenvalue weighted by molar-refractivity contribution is 5.92. The third kappa shape index (κ3) is 4.72. The molecular weight excluding hydrogens is 347 g/mol. The standard InChI is InChI=1S/C18H18F3N3O2/c19-18(20,21)12-3-1-4-13(9-12)24-14-6-7-16(22-10-14)17(25)23-11-15-5-2-8-26-15/h1,3-4,6-7,9-10,15,24H,2,5,8,11H2,(H,23,25). The van der Waals surface area contributed by atoms with Crippen molar-refractivity contribution in [3.05, 3.63) is 53.9 Å². The van der Waals surface area contributed by atoms with Crippen molar-refractivity contribution in [2.75, 3.05) is 18.5 Å². The SMILES string of the molecule is O=C(NCC1CCCO1)c1ccc(Nc2cccc(C(F)(F)F)c2)cn1. The Morgan fingerprint density at radius 3 is 2.73 bits per heavy atom. The number of alkyl halides is 3. The zero-order valence-electron chi connectivity index (χ0n) is 13.8. The van der Waals surface area contributed by atoms with Gasteiger partial charge < -0.3 is 15.4 Å². The summed E-state index contributed by atoms with van der Waals surface area (Å²) in [6.07, 6.45) is -1.04. The number of nitrogens with zero attached hydrogens (tertiary/aromatic N) is 1. The summed E-state index contributed by atoms with van der Waals surface area (Å²) in [7, 11) is 0. The van der Waals surface area contributed by atoms with E-state index in [2.05, 4.69) is 15.6 Å². The number of ether oxygens (including phenoxy) is 1. The Bertz CT molecular complexity index is 757. The average molecular weight is 365 g/mol. The van der Waals surface area contributed by atoms with Crippen LogP contribution < -0.4 is 10.6 Å². The van der Waals surface area contributed by atoms with Crippen LogP contribution >= 0.6 is 0 Å². The van der Waals surface area contributed by atoms with Gasteiger partial charge in [-0.2, -0.15) is 13.2 Å². The third-order valence-corrected chi connectivity index (χ3v) is 3.99. The van der Waals surface area contributed by atoms with Gasteiger partial charge in [0.25, 0.3) is 5.91 Å². The minimum Gasteiger partial charge on any atom is -0.376 e. The monoisotopic (exact) mass is 365 g/mol. The second-order valence-corrected chi connectivity index (χ2v) is 5.98. The Kier molecular flexibility index (Phi) is 5.41. The van der Waals surface area contributed by atoms with E-state index >= 15 is 0 Å². The lowest BCUT2D eigenvalue weighted by Crippen LogP contribution is -2.32. The fourth-order valence-corrected chi connectivity index (χ4v) is 2.64. The van der Waals surface area contributed by atoms with Gasteiger partial charge in [-0.25, -0.2) is 4.98 Å². The maximum Gasteiger partial charge on any atom is 0.416 e. The quantitative estimate of drug-likeness (QED) is 0.847. The van der Waals surface area contributed by atoms with Crippen LogP contribution in [0, 0.1) is 0 Å². The van der Waals surface area contributed by atoms with Gasteiger partial charge in [-0.3, -0.25) is 4.79 Å². The molecule has 1 amide bonds. The highest BCUT2D eigenvalue weighted by Gasteiger charge is 2.30. The maximum atomic E-state index is 12.7. The molecule has 0 aliphatic carbocycles. The summed E-state index contributed by atoms with van der Waals surface area (Å²) in [6.45, 7) is 1.15. The molecule has 1 fully saturated rings. The lowest BCUT2D eigenvalue weighted by molar-refractivity contribution is -0.137. The van der Waals surface area contributed by atoms with Crippen LogP contribution in [-0.4, -0.2) is 30.1 Å². The lowest BCUT2D eigenvalue weighted by Gasteiger charge is -2.12. The number of benzene rings is 1. The van der Waals surface area contributed by atoms with E-state index in [1.54, 1.807) is 6.07 Å². The van der Waals surface area contributed by atoms with Gasteiger partial charge >= 0.3 is 6.18 Å². The molecule has 0 saturated carbocycles. The van der Waals surface area contributed by atoms with E-state index in [1.165, 1.54) is 24.4 Å². The van der Waals surface area contributed by atoms with Crippen molar-refractivity contribution in [2.45, 2.75) is 25.1 Å². The zero-order chi connectivity index (χ0) is 18.6. The van der Waals surface area contributed by atoms with Gasteiger partial charge in [0, 0.05) is 18.8 Å². The predicted octanol–water partition coefficient (Wildman–Crippen LogP) is 3.75. The van der Waals surface area contributed by atoms with E-state index in [0.717, 1.165) is 25.0 Å². The Labute approximate surface area is 148 Å². The Hall–Kier alpha value is -2.61. The molecular formula is C18H18F3N3O2. The first-order valence-corrected chi connectivity index (χ1v) is 8.22. The van der Waals surface area contributed by atoms with Gasteiger partial charge in [-0.1, -0.05) is 6.07 Å². The molecule has 1 saturated heterocycles. The number of carbonyl (C=O) groups is 1. The largest absolute Gasteiger partial charge is 0.416 e. The Morgan fingerprint density at radius 1 is 1.23 bits per heavy atom. The van der Waals surface area contributed by atoms with E-state index in [-0.39, 0.29) is 23.4 Å². The molecule has 0 spiro atoms. The summed E-state index contributed by atoms with van der Waals surface area (Å²) in [5.41, 5.74) is 0.274. The van der Waals surface area contributed by atoms with Gasteiger partial charge in [0.1, 0.15) is 5.69 Å². The smallest absolute Gasteiger partial charge is 0.376 e. The second-order valence-electron chi connectivity index (χ2n) is 5.98. The van der Waals surface area contributed by atoms with Crippen LogP contribution in [0.1, 0.15) is 28.9 Å². The molecule has 0 bridgehead atoms. The van der Waals surface area contributed by atoms with Crippen LogP contribution in [0.25, 0.3) is 0 Å². The van der Waals surface area contributed by atoms with Gasteiger partial charge in [0.2, 0.25) is 0 Å². The van der Waals surface area contributed by atoms with Crippen molar-refractivity contribution in [3.63, 3.8) is 0 Å². The molecule has 2 heterocycles. The zero-order valence-corrected chi connectivity index (χ0v) is 13.8. The molecule has 8 heteroatoms. The van der Waals surface area contributed by atoms with Crippen molar-refractivity contribution in [2.24, 2.45) is 0 Å². The van der Waals surface area contributed by atoms with Crippen LogP contribution in [0.3, 0.4) is 0 Å². The number of hydrogen-bond donors (Lipinski definition) is 2. The third-order valence-electron chi connectivity index (χ3n) is 3.99. The van der Waals surface area contributed by atoms with E-state index in [1.807, 2.05) is 0 Å². The molecule has 1 atom stereocenters. The summed E-state index contributed by atoms with van der Waals surface area (Å²) >= 11 is 0. The minimum absolute atomic E-state index is 0.0424. The fourth-order valence-electron chi connectivity index (χ4n) is 2.64. The lowest BCUT2D eigenvalue weighted by atomic mass is 10.2. The maximum absolute atomic E-state index is 12.7. The second kappa shape index (κ2) is 7.74. The Balaban J connectivity index is 1.59. The van der Waals surface area contributed by atoms with Crippen molar-refractivity contribution >= 4 is 17.3 Å². The number of hydrogen-bond acceptors (Lipinski definition) is 4. The number of halogens is 3. The highest BCUT2D eigenvalue weighted by Crippen LogP contribution is 2.31. The molecule has 1 aliphatic heterocycles. The first-order valence-electron chi connectivity index (χ1n) is 8.22. The molecule has 1 unspecified atom stereocenters. The summed E-state index contributed by atoms with van der Waals surface area (Å²) in [6, 6.07) is 7.98. The van der Waals surface area contributed by atoms with Crippen molar-refractivity contribution < 1.29 is 22.7 Å². The van der Waals surface area contributed by atoms with Gasteiger partial charge in [0.05, 0.1) is 23.6 Å². The van der Waals surface area contributed by atoms with Gasteiger partial charge in [-0.15, -0.1) is 0 Å². The van der Waals surface area contributed by atoms with E-state index in [0.29, 0.717) is 18.8 Å². The van der Waals surface area contributed by atoms with Crippen molar-refractivity contribution in [3.8, 4) is 0 Å². The number of amides is 1. The number of carbonyl (C=O) groups excluding carboxylic acids is 1. The molecule has 138 valence electrons. The van der Waals surface area contributed by atoms with E-state index in [9.17, 15) is 18.0 Å². The number of nitrogens with one attached hydrogen (secondary N) is 2. The van der Waals surface area contributed by atoms with Crippen LogP contribution in [0.15, 0.2) is 42.6 Å². The fraction of sp³-hybridized carbons (Fsp3) is 0.333. The van der Waals surface area contributed by atoms with Crippen LogP contribution in [-0.2, 0) is 10.9 Å². The summed E-state index contributed by atoms with van der Waals surface area (Å²) in [5, 5.41) is 5.61. The molecule has 2 N–H and O–H groups in total. The molecule has 2 aromatic rings. The van der Waals surface area contributed by atoms with Gasteiger partial charge in [0.15, 0.2) is 0 Å². The molecule has 1 aromatic heterocycles. The van der Waals surface area contributed by atoms with Crippen molar-refractivity contribution in [1.82, 2.24) is 10.3 Å². The van der Waals surface area contributed by atoms with E-state index in [4.69, 9.17) is 4.74 Å². The molecule has 3 rings (SSSR count). The van der Waals surface area contributed by atoms with E-state index < -0.39 is 11.7 Å². The number of rotatable bonds is 5. The summed E-state index contributed by atoms with van der Waals surface area (Å²) in [4.78, 5) is 16.1.